The highest BCUT2D eigenvalue weighted by Gasteiger charge is 2.27. The van der Waals surface area contributed by atoms with Crippen molar-refractivity contribution in [2.24, 2.45) is 5.92 Å². The lowest BCUT2D eigenvalue weighted by molar-refractivity contribution is 0.239. The van der Waals surface area contributed by atoms with E-state index in [9.17, 15) is 0 Å². The molecule has 0 aromatic heterocycles. The van der Waals surface area contributed by atoms with Gasteiger partial charge in [-0.15, -0.1) is 0 Å². The summed E-state index contributed by atoms with van der Waals surface area (Å²) < 4.78 is 5.04. The van der Waals surface area contributed by atoms with Crippen molar-refractivity contribution in [3.63, 3.8) is 0 Å². The van der Waals surface area contributed by atoms with E-state index in [4.69, 9.17) is 4.74 Å². The molecule has 2 aliphatic rings. The number of hydrogen-bond donors (Lipinski definition) is 0. The molecule has 1 saturated carbocycles. The van der Waals surface area contributed by atoms with Crippen molar-refractivity contribution >= 4 is 0 Å². The van der Waals surface area contributed by atoms with E-state index in [1.54, 1.807) is 7.11 Å². The van der Waals surface area contributed by atoms with Gasteiger partial charge in [-0.25, -0.2) is 0 Å². The molecule has 1 heterocycles. The average molecular weight is 275 g/mol. The zero-order valence-corrected chi connectivity index (χ0v) is 13.3. The highest BCUT2D eigenvalue weighted by atomic mass is 16.5. The van der Waals surface area contributed by atoms with Crippen LogP contribution in [0.25, 0.3) is 0 Å². The van der Waals surface area contributed by atoms with Gasteiger partial charge >= 0.3 is 0 Å². The molecule has 0 N–H and O–H groups in total. The molecule has 2 heteroatoms. The number of methoxy groups -OCH3 is 1. The van der Waals surface area contributed by atoms with Gasteiger partial charge in [0.2, 0.25) is 0 Å². The molecule has 20 heavy (non-hydrogen) atoms. The summed E-state index contributed by atoms with van der Waals surface area (Å²) in [6, 6.07) is 8.91. The number of likely N-dealkylation sites (tertiary alicyclic amines) is 1. The molecule has 112 valence electrons. The van der Waals surface area contributed by atoms with Gasteiger partial charge in [0.1, 0.15) is 5.75 Å². The molecule has 1 atom stereocenters. The Morgan fingerprint density at radius 2 is 1.80 bits per heavy atom. The third-order valence-corrected chi connectivity index (χ3v) is 4.61. The van der Waals surface area contributed by atoms with Crippen LogP contribution in [0.15, 0.2) is 24.3 Å². The number of rotatable bonds is 2. The maximum atomic E-state index is 5.04. The molecule has 2 nitrogen and oxygen atoms in total. The number of ether oxygens (including phenoxy) is 1. The Bertz CT molecular complexity index is 398. The number of para-hydroxylation sites is 1. The first-order valence-electron chi connectivity index (χ1n) is 8.04. The largest absolute Gasteiger partial charge is 0.496 e. The topological polar surface area (TPSA) is 12.5 Å². The monoisotopic (exact) mass is 275 g/mol. The lowest BCUT2D eigenvalue weighted by Gasteiger charge is -2.22. The molecule has 1 aliphatic carbocycles. The van der Waals surface area contributed by atoms with Crippen LogP contribution in [0.4, 0.5) is 0 Å². The van der Waals surface area contributed by atoms with Gasteiger partial charge in [0.05, 0.1) is 7.11 Å². The fraction of sp³-hybridized carbons (Fsp3) is 0.667. The van der Waals surface area contributed by atoms with Crippen molar-refractivity contribution < 1.29 is 4.74 Å². The van der Waals surface area contributed by atoms with Crippen molar-refractivity contribution in [1.29, 1.82) is 0 Å². The van der Waals surface area contributed by atoms with Crippen LogP contribution in [0.3, 0.4) is 0 Å². The molecular weight excluding hydrogens is 246 g/mol. The summed E-state index contributed by atoms with van der Waals surface area (Å²) >= 11 is 0. The fourth-order valence-electron chi connectivity index (χ4n) is 3.36. The molecule has 0 amide bonds. The molecule has 0 spiro atoms. The first-order valence-corrected chi connectivity index (χ1v) is 8.04. The van der Waals surface area contributed by atoms with Crippen molar-refractivity contribution in [2.75, 3.05) is 20.2 Å². The van der Waals surface area contributed by atoms with Crippen molar-refractivity contribution in [3.8, 4) is 5.75 Å². The number of benzene rings is 1. The Balaban J connectivity index is 0.000000151. The highest BCUT2D eigenvalue weighted by molar-refractivity contribution is 5.31. The van der Waals surface area contributed by atoms with Gasteiger partial charge in [0.15, 0.2) is 0 Å². The Hall–Kier alpha value is -1.02. The van der Waals surface area contributed by atoms with Crippen LogP contribution in [0, 0.1) is 12.8 Å². The van der Waals surface area contributed by atoms with E-state index in [0.717, 1.165) is 17.7 Å². The second kappa shape index (κ2) is 7.68. The van der Waals surface area contributed by atoms with Crippen molar-refractivity contribution in [3.05, 3.63) is 29.8 Å². The van der Waals surface area contributed by atoms with E-state index < -0.39 is 0 Å². The van der Waals surface area contributed by atoms with Crippen LogP contribution in [0.5, 0.6) is 5.75 Å². The van der Waals surface area contributed by atoms with Crippen LogP contribution in [0.2, 0.25) is 0 Å². The van der Waals surface area contributed by atoms with Crippen LogP contribution in [-0.2, 0) is 0 Å². The van der Waals surface area contributed by atoms with Gasteiger partial charge in [-0.05, 0) is 50.3 Å². The Labute approximate surface area is 124 Å². The van der Waals surface area contributed by atoms with E-state index in [-0.39, 0.29) is 0 Å². The summed E-state index contributed by atoms with van der Waals surface area (Å²) in [6.45, 7) is 7.17. The standard InChI is InChI=1S/C10H19N.C8H10O/c1-9-6-7-11(8-9)10-4-2-3-5-10;1-7-5-3-4-6-8(7)9-2/h9-10H,2-8H2,1H3;3-6H,1-2H3. The van der Waals surface area contributed by atoms with E-state index in [2.05, 4.69) is 11.8 Å². The van der Waals surface area contributed by atoms with Gasteiger partial charge in [0.25, 0.3) is 0 Å². The smallest absolute Gasteiger partial charge is 0.121 e. The summed E-state index contributed by atoms with van der Waals surface area (Å²) in [6.07, 6.45) is 7.36. The Morgan fingerprint density at radius 3 is 2.30 bits per heavy atom. The maximum absolute atomic E-state index is 5.04. The first kappa shape index (κ1) is 15.4. The minimum atomic E-state index is 0.956. The highest BCUT2D eigenvalue weighted by Crippen LogP contribution is 2.28. The predicted molar refractivity (Wildman–Crippen MR) is 85.3 cm³/mol. The predicted octanol–water partition coefficient (Wildman–Crippen LogP) is 4.27. The van der Waals surface area contributed by atoms with Gasteiger partial charge in [-0.3, -0.25) is 0 Å². The maximum Gasteiger partial charge on any atom is 0.121 e. The number of nitrogens with zero attached hydrogens (tertiary/aromatic N) is 1. The third kappa shape index (κ3) is 4.24. The van der Waals surface area contributed by atoms with Crippen LogP contribution in [0.1, 0.15) is 44.6 Å². The van der Waals surface area contributed by atoms with Gasteiger partial charge < -0.3 is 9.64 Å². The molecule has 1 aromatic carbocycles. The fourth-order valence-corrected chi connectivity index (χ4v) is 3.36. The second-order valence-corrected chi connectivity index (χ2v) is 6.30. The molecule has 1 unspecified atom stereocenters. The zero-order chi connectivity index (χ0) is 14.4. The quantitative estimate of drug-likeness (QED) is 0.799. The van der Waals surface area contributed by atoms with Crippen LogP contribution < -0.4 is 4.74 Å². The molecule has 0 radical (unpaired) electrons. The summed E-state index contributed by atoms with van der Waals surface area (Å²) in [5, 5.41) is 0. The van der Waals surface area contributed by atoms with E-state index in [0.29, 0.717) is 0 Å². The van der Waals surface area contributed by atoms with Crippen LogP contribution in [-0.4, -0.2) is 31.1 Å². The third-order valence-electron chi connectivity index (χ3n) is 4.61. The SMILES string of the molecule is CC1CCN(C2CCCC2)C1.COc1ccccc1C. The van der Waals surface area contributed by atoms with E-state index >= 15 is 0 Å². The van der Waals surface area contributed by atoms with Gasteiger partial charge in [-0.1, -0.05) is 38.0 Å². The lowest BCUT2D eigenvalue weighted by Crippen LogP contribution is -2.30. The number of aryl methyl sites for hydroxylation is 1. The lowest BCUT2D eigenvalue weighted by atomic mass is 10.2. The second-order valence-electron chi connectivity index (χ2n) is 6.30. The molecule has 3 rings (SSSR count). The number of hydrogen-bond acceptors (Lipinski definition) is 2. The molecule has 1 aliphatic heterocycles. The van der Waals surface area contributed by atoms with Crippen molar-refractivity contribution in [1.82, 2.24) is 4.90 Å². The van der Waals surface area contributed by atoms with Gasteiger partial charge in [-0.2, -0.15) is 0 Å². The molecule has 2 fully saturated rings. The molecule has 1 saturated heterocycles. The molecular formula is C18H29NO. The normalized spacial score (nSPS) is 23.4. The van der Waals surface area contributed by atoms with Gasteiger partial charge in [0, 0.05) is 12.6 Å². The summed E-state index contributed by atoms with van der Waals surface area (Å²) in [5.74, 6) is 1.92. The molecule has 0 bridgehead atoms. The minimum absolute atomic E-state index is 0.956. The molecule has 1 aromatic rings. The average Bonchev–Trinajstić information content (AvgIpc) is 3.11. The Kier molecular flexibility index (Phi) is 5.90. The van der Waals surface area contributed by atoms with Crippen molar-refractivity contribution in [2.45, 2.75) is 52.0 Å². The van der Waals surface area contributed by atoms with Crippen LogP contribution >= 0.6 is 0 Å². The summed E-state index contributed by atoms with van der Waals surface area (Å²) in [7, 11) is 1.68. The Morgan fingerprint density at radius 1 is 1.10 bits per heavy atom. The summed E-state index contributed by atoms with van der Waals surface area (Å²) in [4.78, 5) is 2.72. The zero-order valence-electron chi connectivity index (χ0n) is 13.3. The first-order chi connectivity index (χ1) is 9.70. The summed E-state index contributed by atoms with van der Waals surface area (Å²) in [5.41, 5.74) is 1.18. The van der Waals surface area contributed by atoms with E-state index in [1.807, 2.05) is 31.2 Å². The van der Waals surface area contributed by atoms with E-state index in [1.165, 1.54) is 50.8 Å². The minimum Gasteiger partial charge on any atom is -0.496 e.